The number of fused-ring (bicyclic) bond motifs is 1. The number of likely N-dealkylation sites (N-methyl/N-ethyl adjacent to an activating group) is 1. The number of amides is 4. The maximum Gasteiger partial charge on any atom is 0.322 e. The molecule has 2 aliphatic rings. The molecular weight excluding hydrogens is 392 g/mol. The number of imide groups is 2. The van der Waals surface area contributed by atoms with E-state index in [0.29, 0.717) is 12.2 Å². The first-order valence-electron chi connectivity index (χ1n) is 9.77. The van der Waals surface area contributed by atoms with E-state index >= 15 is 0 Å². The second-order valence-corrected chi connectivity index (χ2v) is 7.17. The smallest absolute Gasteiger partial charge is 0.322 e. The van der Waals surface area contributed by atoms with Crippen LogP contribution in [-0.4, -0.2) is 71.2 Å². The van der Waals surface area contributed by atoms with Gasteiger partial charge in [-0.05, 0) is 38.1 Å². The number of likely N-dealkylation sites (tertiary alicyclic amines) is 1. The Morgan fingerprint density at radius 1 is 1.23 bits per heavy atom. The summed E-state index contributed by atoms with van der Waals surface area (Å²) < 4.78 is 5.11. The van der Waals surface area contributed by atoms with Crippen LogP contribution in [0.2, 0.25) is 0 Å². The van der Waals surface area contributed by atoms with Crippen molar-refractivity contribution in [3.63, 3.8) is 0 Å². The van der Waals surface area contributed by atoms with Crippen molar-refractivity contribution in [1.29, 1.82) is 0 Å². The molecule has 2 aliphatic heterocycles. The zero-order valence-corrected chi connectivity index (χ0v) is 16.8. The third kappa shape index (κ3) is 3.90. The van der Waals surface area contributed by atoms with E-state index in [0.717, 1.165) is 9.80 Å². The van der Waals surface area contributed by atoms with E-state index in [1.807, 2.05) is 6.92 Å². The highest BCUT2D eigenvalue weighted by Gasteiger charge is 2.46. The number of esters is 1. The van der Waals surface area contributed by atoms with Gasteiger partial charge in [-0.2, -0.15) is 0 Å². The molecule has 1 fully saturated rings. The van der Waals surface area contributed by atoms with Crippen LogP contribution in [0.4, 0.5) is 5.69 Å². The molecule has 4 amide bonds. The molecule has 0 spiro atoms. The lowest BCUT2D eigenvalue weighted by molar-refractivity contribution is -0.156. The van der Waals surface area contributed by atoms with Gasteiger partial charge in [-0.25, -0.2) is 0 Å². The highest BCUT2D eigenvalue weighted by Crippen LogP contribution is 2.30. The highest BCUT2D eigenvalue weighted by molar-refractivity contribution is 6.23. The van der Waals surface area contributed by atoms with E-state index in [9.17, 15) is 24.0 Å². The number of anilines is 1. The molecule has 2 heterocycles. The first-order valence-corrected chi connectivity index (χ1v) is 9.77. The van der Waals surface area contributed by atoms with Crippen LogP contribution >= 0.6 is 0 Å². The summed E-state index contributed by atoms with van der Waals surface area (Å²) >= 11 is 0. The normalized spacial score (nSPS) is 19.9. The summed E-state index contributed by atoms with van der Waals surface area (Å²) in [6.07, 6.45) is 0.0417. The molecule has 3 N–H and O–H groups in total. The van der Waals surface area contributed by atoms with Gasteiger partial charge in [0.1, 0.15) is 18.7 Å². The van der Waals surface area contributed by atoms with Crippen LogP contribution in [0.3, 0.4) is 0 Å². The molecule has 1 saturated heterocycles. The van der Waals surface area contributed by atoms with Gasteiger partial charge in [-0.3, -0.25) is 33.8 Å². The number of carbonyl (C=O) groups is 5. The number of nitrogen functional groups attached to an aromatic ring is 1. The molecule has 1 aromatic carbocycles. The lowest BCUT2D eigenvalue weighted by atomic mass is 10.0. The predicted octanol–water partition coefficient (Wildman–Crippen LogP) is -0.0764. The van der Waals surface area contributed by atoms with Crippen LogP contribution in [0.25, 0.3) is 0 Å². The van der Waals surface area contributed by atoms with Crippen LogP contribution < -0.4 is 11.1 Å². The molecule has 0 bridgehead atoms. The third-order valence-corrected chi connectivity index (χ3v) is 5.16. The van der Waals surface area contributed by atoms with E-state index in [1.165, 1.54) is 18.2 Å². The maximum atomic E-state index is 12.9. The zero-order chi connectivity index (χ0) is 22.0. The van der Waals surface area contributed by atoms with Gasteiger partial charge in [0, 0.05) is 12.1 Å². The minimum absolute atomic E-state index is 0.00626. The van der Waals surface area contributed by atoms with Crippen LogP contribution in [-0.2, 0) is 19.1 Å². The molecule has 3 rings (SSSR count). The molecule has 0 saturated carbocycles. The molecule has 0 aliphatic carbocycles. The Hall–Kier alpha value is -3.27. The minimum Gasteiger partial charge on any atom is -0.463 e. The number of rotatable bonds is 7. The predicted molar refractivity (Wildman–Crippen MR) is 105 cm³/mol. The first kappa shape index (κ1) is 21.4. The van der Waals surface area contributed by atoms with Gasteiger partial charge in [0.2, 0.25) is 5.91 Å². The Labute approximate surface area is 173 Å². The van der Waals surface area contributed by atoms with Crippen LogP contribution in [0.5, 0.6) is 0 Å². The standard InChI is InChI=1S/C20H24N4O6/c1-3-22-11(2)20(29)30-9-8-23-16(25)7-6-15(19(23)28)24-17(26)13-5-4-12(21)10-14(13)18(24)27/h4-5,10-11,15,22H,3,6-9,21H2,1-2H3/t11-,15?/m0/s1. The first-order chi connectivity index (χ1) is 14.3. The number of piperidine rings is 1. The molecule has 10 heteroatoms. The fourth-order valence-corrected chi connectivity index (χ4v) is 3.61. The molecule has 2 atom stereocenters. The average Bonchev–Trinajstić information content (AvgIpc) is 2.94. The van der Waals surface area contributed by atoms with Crippen LogP contribution in [0, 0.1) is 0 Å². The van der Waals surface area contributed by atoms with Crippen molar-refractivity contribution >= 4 is 35.3 Å². The number of hydrogen-bond donors (Lipinski definition) is 2. The average molecular weight is 416 g/mol. The van der Waals surface area contributed by atoms with Crippen molar-refractivity contribution in [2.75, 3.05) is 25.4 Å². The fraction of sp³-hybridized carbons (Fsp3) is 0.450. The number of nitrogens with one attached hydrogen (secondary N) is 1. The maximum absolute atomic E-state index is 12.9. The Bertz CT molecular complexity index is 915. The minimum atomic E-state index is -1.09. The van der Waals surface area contributed by atoms with Gasteiger partial charge in [-0.15, -0.1) is 0 Å². The topological polar surface area (TPSA) is 139 Å². The van der Waals surface area contributed by atoms with Gasteiger partial charge in [-0.1, -0.05) is 6.92 Å². The molecular formula is C20H24N4O6. The Morgan fingerprint density at radius 2 is 1.93 bits per heavy atom. The van der Waals surface area contributed by atoms with Crippen molar-refractivity contribution in [3.05, 3.63) is 29.3 Å². The number of nitrogens with zero attached hydrogens (tertiary/aromatic N) is 2. The Morgan fingerprint density at radius 3 is 2.63 bits per heavy atom. The van der Waals surface area contributed by atoms with E-state index < -0.39 is 41.7 Å². The van der Waals surface area contributed by atoms with Gasteiger partial charge in [0.25, 0.3) is 17.7 Å². The molecule has 160 valence electrons. The molecule has 0 aromatic heterocycles. The molecule has 0 radical (unpaired) electrons. The van der Waals surface area contributed by atoms with E-state index in [-0.39, 0.29) is 37.1 Å². The summed E-state index contributed by atoms with van der Waals surface area (Å²) in [6.45, 7) is 3.77. The second-order valence-electron chi connectivity index (χ2n) is 7.17. The molecule has 10 nitrogen and oxygen atoms in total. The lowest BCUT2D eigenvalue weighted by Gasteiger charge is -2.34. The number of hydrogen-bond acceptors (Lipinski definition) is 8. The zero-order valence-electron chi connectivity index (χ0n) is 16.8. The number of ether oxygens (including phenoxy) is 1. The summed E-state index contributed by atoms with van der Waals surface area (Å²) in [4.78, 5) is 64.4. The number of benzene rings is 1. The van der Waals surface area contributed by atoms with E-state index in [1.54, 1.807) is 6.92 Å². The van der Waals surface area contributed by atoms with Gasteiger partial charge in [0.05, 0.1) is 17.7 Å². The summed E-state index contributed by atoms with van der Waals surface area (Å²) in [5, 5.41) is 2.91. The largest absolute Gasteiger partial charge is 0.463 e. The van der Waals surface area contributed by atoms with Crippen molar-refractivity contribution in [2.24, 2.45) is 0 Å². The van der Waals surface area contributed by atoms with Gasteiger partial charge < -0.3 is 15.8 Å². The summed E-state index contributed by atoms with van der Waals surface area (Å²) in [5.74, 6) is -2.80. The third-order valence-electron chi connectivity index (χ3n) is 5.16. The Kier molecular flexibility index (Phi) is 6.16. The summed E-state index contributed by atoms with van der Waals surface area (Å²) in [5.41, 5.74) is 6.35. The van der Waals surface area contributed by atoms with E-state index in [2.05, 4.69) is 5.32 Å². The van der Waals surface area contributed by atoms with Crippen molar-refractivity contribution in [2.45, 2.75) is 38.8 Å². The molecule has 1 aromatic rings. The van der Waals surface area contributed by atoms with Crippen molar-refractivity contribution in [3.8, 4) is 0 Å². The second kappa shape index (κ2) is 8.62. The summed E-state index contributed by atoms with van der Waals surface area (Å²) in [6, 6.07) is 2.76. The monoisotopic (exact) mass is 416 g/mol. The van der Waals surface area contributed by atoms with E-state index in [4.69, 9.17) is 10.5 Å². The molecule has 30 heavy (non-hydrogen) atoms. The number of carbonyl (C=O) groups excluding carboxylic acids is 5. The Balaban J connectivity index is 1.69. The van der Waals surface area contributed by atoms with Crippen LogP contribution in [0.1, 0.15) is 47.4 Å². The van der Waals surface area contributed by atoms with Gasteiger partial charge in [0.15, 0.2) is 0 Å². The van der Waals surface area contributed by atoms with Crippen molar-refractivity contribution in [1.82, 2.24) is 15.1 Å². The highest BCUT2D eigenvalue weighted by atomic mass is 16.5. The van der Waals surface area contributed by atoms with Crippen LogP contribution in [0.15, 0.2) is 18.2 Å². The fourth-order valence-electron chi connectivity index (χ4n) is 3.61. The lowest BCUT2D eigenvalue weighted by Crippen LogP contribution is -2.56. The van der Waals surface area contributed by atoms with Crippen molar-refractivity contribution < 1.29 is 28.7 Å². The quantitative estimate of drug-likeness (QED) is 0.358. The summed E-state index contributed by atoms with van der Waals surface area (Å²) in [7, 11) is 0. The number of nitrogens with two attached hydrogens (primary N) is 1. The molecule has 1 unspecified atom stereocenters. The van der Waals surface area contributed by atoms with Gasteiger partial charge >= 0.3 is 5.97 Å². The SMILES string of the molecule is CCN[C@@H](C)C(=O)OCCN1C(=O)CCC(N2C(=O)c3ccc(N)cc3C2=O)C1=O.